The minimum Gasteiger partial charge on any atom is -0.497 e. The zero-order valence-corrected chi connectivity index (χ0v) is 18.3. The van der Waals surface area contributed by atoms with E-state index in [1.165, 1.54) is 30.3 Å². The van der Waals surface area contributed by atoms with Crippen LogP contribution < -0.4 is 9.64 Å². The number of likely N-dealkylation sites (tertiary alicyclic amines) is 1. The summed E-state index contributed by atoms with van der Waals surface area (Å²) in [5.74, 6) is -1.03. The lowest BCUT2D eigenvalue weighted by Crippen LogP contribution is -2.47. The molecule has 0 spiro atoms. The summed E-state index contributed by atoms with van der Waals surface area (Å²) in [5.41, 5.74) is 1.16. The van der Waals surface area contributed by atoms with Crippen molar-refractivity contribution < 1.29 is 22.7 Å². The third-order valence-corrected chi connectivity index (χ3v) is 6.03. The second-order valence-electron chi connectivity index (χ2n) is 8.09. The minimum atomic E-state index is -0.556. The van der Waals surface area contributed by atoms with Crippen LogP contribution in [0.4, 0.5) is 18.9 Å². The van der Waals surface area contributed by atoms with E-state index in [4.69, 9.17) is 4.74 Å². The standard InChI is InChI=1S/C26H25F3N2O2/c1-33-22-11-5-18(6-12-22)26(32)31(20-9-7-19(27)8-10-20)21-13-15-30(16-14-21)17-23-24(28)3-2-4-25(23)29/h2-12,21H,13-17H2,1H3. The Morgan fingerprint density at radius 2 is 1.55 bits per heavy atom. The number of carbonyl (C=O) groups is 1. The number of anilines is 1. The van der Waals surface area contributed by atoms with Gasteiger partial charge in [-0.05, 0) is 73.5 Å². The first-order valence-corrected chi connectivity index (χ1v) is 10.8. The van der Waals surface area contributed by atoms with E-state index in [9.17, 15) is 18.0 Å². The number of amides is 1. The van der Waals surface area contributed by atoms with Crippen LogP contribution in [-0.2, 0) is 6.54 Å². The van der Waals surface area contributed by atoms with Gasteiger partial charge >= 0.3 is 0 Å². The number of hydrogen-bond acceptors (Lipinski definition) is 3. The third-order valence-electron chi connectivity index (χ3n) is 6.03. The maximum atomic E-state index is 14.1. The maximum Gasteiger partial charge on any atom is 0.258 e. The monoisotopic (exact) mass is 454 g/mol. The van der Waals surface area contributed by atoms with Gasteiger partial charge in [0.2, 0.25) is 0 Å². The quantitative estimate of drug-likeness (QED) is 0.498. The summed E-state index contributed by atoms with van der Waals surface area (Å²) in [6.07, 6.45) is 1.24. The van der Waals surface area contributed by atoms with Gasteiger partial charge in [0, 0.05) is 42.5 Å². The van der Waals surface area contributed by atoms with Gasteiger partial charge in [-0.25, -0.2) is 13.2 Å². The first-order valence-electron chi connectivity index (χ1n) is 10.8. The molecule has 1 aliphatic heterocycles. The predicted molar refractivity (Wildman–Crippen MR) is 121 cm³/mol. The zero-order valence-electron chi connectivity index (χ0n) is 18.3. The Balaban J connectivity index is 1.53. The SMILES string of the molecule is COc1ccc(C(=O)N(c2ccc(F)cc2)C2CCN(Cc3c(F)cccc3F)CC2)cc1. The molecule has 1 saturated heterocycles. The Morgan fingerprint density at radius 3 is 2.12 bits per heavy atom. The largest absolute Gasteiger partial charge is 0.497 e. The number of nitrogens with zero attached hydrogens (tertiary/aromatic N) is 2. The van der Waals surface area contributed by atoms with Crippen molar-refractivity contribution in [3.8, 4) is 5.75 Å². The fourth-order valence-corrected chi connectivity index (χ4v) is 4.21. The molecule has 1 fully saturated rings. The van der Waals surface area contributed by atoms with Crippen LogP contribution in [0.3, 0.4) is 0 Å². The fourth-order valence-electron chi connectivity index (χ4n) is 4.21. The van der Waals surface area contributed by atoms with Crippen LogP contribution in [-0.4, -0.2) is 37.0 Å². The topological polar surface area (TPSA) is 32.8 Å². The number of rotatable bonds is 6. The summed E-state index contributed by atoms with van der Waals surface area (Å²) in [7, 11) is 1.56. The van der Waals surface area contributed by atoms with Crippen molar-refractivity contribution in [2.24, 2.45) is 0 Å². The van der Waals surface area contributed by atoms with E-state index in [1.54, 1.807) is 48.4 Å². The van der Waals surface area contributed by atoms with Crippen molar-refractivity contribution in [1.29, 1.82) is 0 Å². The van der Waals surface area contributed by atoms with Gasteiger partial charge in [-0.1, -0.05) is 6.07 Å². The van der Waals surface area contributed by atoms with E-state index in [2.05, 4.69) is 0 Å². The van der Waals surface area contributed by atoms with Crippen molar-refractivity contribution in [3.63, 3.8) is 0 Å². The molecule has 1 aliphatic rings. The molecule has 0 saturated carbocycles. The highest BCUT2D eigenvalue weighted by Crippen LogP contribution is 2.28. The van der Waals surface area contributed by atoms with Gasteiger partial charge in [-0.2, -0.15) is 0 Å². The molecule has 1 heterocycles. The predicted octanol–water partition coefficient (Wildman–Crippen LogP) is 5.42. The molecular formula is C26H25F3N2O2. The third kappa shape index (κ3) is 5.20. The van der Waals surface area contributed by atoms with Gasteiger partial charge < -0.3 is 9.64 Å². The number of piperidine rings is 1. The van der Waals surface area contributed by atoms with E-state index in [0.29, 0.717) is 42.9 Å². The summed E-state index contributed by atoms with van der Waals surface area (Å²) in [5, 5.41) is 0. The Bertz CT molecular complexity index is 1080. The molecule has 0 unspecified atom stereocenters. The van der Waals surface area contributed by atoms with Crippen LogP contribution in [0, 0.1) is 17.5 Å². The van der Waals surface area contributed by atoms with E-state index in [0.717, 1.165) is 0 Å². The van der Waals surface area contributed by atoms with Gasteiger partial charge in [0.1, 0.15) is 23.2 Å². The summed E-state index contributed by atoms with van der Waals surface area (Å²) in [6.45, 7) is 1.33. The number of benzene rings is 3. The molecule has 3 aromatic carbocycles. The molecule has 7 heteroatoms. The molecule has 3 aromatic rings. The van der Waals surface area contributed by atoms with Gasteiger partial charge in [0.05, 0.1) is 7.11 Å². The van der Waals surface area contributed by atoms with Crippen molar-refractivity contribution in [2.45, 2.75) is 25.4 Å². The summed E-state index contributed by atoms with van der Waals surface area (Å²) < 4.78 is 46.8. The molecule has 0 aliphatic carbocycles. The second kappa shape index (κ2) is 10.1. The highest BCUT2D eigenvalue weighted by atomic mass is 19.1. The van der Waals surface area contributed by atoms with Gasteiger partial charge in [-0.3, -0.25) is 9.69 Å². The number of methoxy groups -OCH3 is 1. The molecule has 0 aromatic heterocycles. The summed E-state index contributed by atoms with van der Waals surface area (Å²) in [6, 6.07) is 16.4. The van der Waals surface area contributed by atoms with Crippen molar-refractivity contribution in [2.75, 3.05) is 25.1 Å². The van der Waals surface area contributed by atoms with E-state index in [-0.39, 0.29) is 29.9 Å². The van der Waals surface area contributed by atoms with Crippen LogP contribution in [0.15, 0.2) is 66.7 Å². The van der Waals surface area contributed by atoms with E-state index in [1.807, 2.05) is 4.90 Å². The number of halogens is 3. The van der Waals surface area contributed by atoms with E-state index < -0.39 is 11.6 Å². The minimum absolute atomic E-state index is 0.0562. The number of hydrogen-bond donors (Lipinski definition) is 0. The molecule has 0 N–H and O–H groups in total. The van der Waals surface area contributed by atoms with Crippen molar-refractivity contribution in [3.05, 3.63) is 95.3 Å². The molecule has 1 amide bonds. The molecule has 172 valence electrons. The van der Waals surface area contributed by atoms with Gasteiger partial charge in [-0.15, -0.1) is 0 Å². The Kier molecular flexibility index (Phi) is 6.99. The Morgan fingerprint density at radius 1 is 0.939 bits per heavy atom. The average Bonchev–Trinajstić information content (AvgIpc) is 2.84. The molecule has 0 radical (unpaired) electrons. The van der Waals surface area contributed by atoms with Crippen molar-refractivity contribution in [1.82, 2.24) is 4.90 Å². The highest BCUT2D eigenvalue weighted by molar-refractivity contribution is 6.06. The smallest absolute Gasteiger partial charge is 0.258 e. The normalized spacial score (nSPS) is 14.8. The molecule has 4 nitrogen and oxygen atoms in total. The van der Waals surface area contributed by atoms with Gasteiger partial charge in [0.15, 0.2) is 0 Å². The first-order chi connectivity index (χ1) is 16.0. The number of ether oxygens (including phenoxy) is 1. The Labute approximate surface area is 191 Å². The molecular weight excluding hydrogens is 429 g/mol. The van der Waals surface area contributed by atoms with Crippen LogP contribution in [0.1, 0.15) is 28.8 Å². The lowest BCUT2D eigenvalue weighted by molar-refractivity contribution is 0.0958. The van der Waals surface area contributed by atoms with Crippen molar-refractivity contribution >= 4 is 11.6 Å². The summed E-state index contributed by atoms with van der Waals surface area (Å²) >= 11 is 0. The maximum absolute atomic E-state index is 14.1. The molecule has 0 atom stereocenters. The molecule has 4 rings (SSSR count). The highest BCUT2D eigenvalue weighted by Gasteiger charge is 2.30. The van der Waals surface area contributed by atoms with Crippen LogP contribution >= 0.6 is 0 Å². The summed E-state index contributed by atoms with van der Waals surface area (Å²) in [4.78, 5) is 17.2. The van der Waals surface area contributed by atoms with Crippen LogP contribution in [0.25, 0.3) is 0 Å². The zero-order chi connectivity index (χ0) is 23.4. The fraction of sp³-hybridized carbons (Fsp3) is 0.269. The Hall–Kier alpha value is -3.32. The lowest BCUT2D eigenvalue weighted by Gasteiger charge is -2.38. The molecule has 0 bridgehead atoms. The second-order valence-corrected chi connectivity index (χ2v) is 8.09. The van der Waals surface area contributed by atoms with E-state index >= 15 is 0 Å². The number of carbonyl (C=O) groups excluding carboxylic acids is 1. The van der Waals surface area contributed by atoms with Crippen LogP contribution in [0.5, 0.6) is 5.75 Å². The average molecular weight is 454 g/mol. The van der Waals surface area contributed by atoms with Crippen LogP contribution in [0.2, 0.25) is 0 Å². The van der Waals surface area contributed by atoms with Gasteiger partial charge in [0.25, 0.3) is 5.91 Å². The molecule has 33 heavy (non-hydrogen) atoms. The first kappa shape index (κ1) is 22.9. The lowest BCUT2D eigenvalue weighted by atomic mass is 10.00.